The van der Waals surface area contributed by atoms with E-state index in [2.05, 4.69) is 14.9 Å². The van der Waals surface area contributed by atoms with Gasteiger partial charge in [-0.15, -0.1) is 0 Å². The summed E-state index contributed by atoms with van der Waals surface area (Å²) in [6.07, 6.45) is 2.74. The molecule has 102 valence electrons. The summed E-state index contributed by atoms with van der Waals surface area (Å²) in [6.45, 7) is 0.115. The molecule has 2 rings (SSSR count). The summed E-state index contributed by atoms with van der Waals surface area (Å²) in [7, 11) is -3.62. The smallest absolute Gasteiger partial charge is 0.278 e. The van der Waals surface area contributed by atoms with E-state index in [9.17, 15) is 8.42 Å². The number of rotatable bonds is 6. The van der Waals surface area contributed by atoms with E-state index >= 15 is 0 Å². The van der Waals surface area contributed by atoms with Gasteiger partial charge >= 0.3 is 0 Å². The molecule has 2 aromatic rings. The van der Waals surface area contributed by atoms with Crippen molar-refractivity contribution in [1.82, 2.24) is 10.2 Å². The van der Waals surface area contributed by atoms with Crippen molar-refractivity contribution in [3.63, 3.8) is 0 Å². The summed E-state index contributed by atoms with van der Waals surface area (Å²) >= 11 is 0. The van der Waals surface area contributed by atoms with E-state index in [0.717, 1.165) is 5.56 Å². The number of aliphatic hydroxyl groups is 1. The van der Waals surface area contributed by atoms with Crippen LogP contribution in [0.4, 0.5) is 5.69 Å². The zero-order valence-electron chi connectivity index (χ0n) is 10.2. The summed E-state index contributed by atoms with van der Waals surface area (Å²) in [6, 6.07) is 8.49. The van der Waals surface area contributed by atoms with Crippen LogP contribution < -0.4 is 4.72 Å². The number of aryl methyl sites for hydroxylation is 1. The summed E-state index contributed by atoms with van der Waals surface area (Å²) in [5.41, 5.74) is 1.46. The van der Waals surface area contributed by atoms with Crippen LogP contribution in [-0.2, 0) is 16.4 Å². The lowest BCUT2D eigenvalue weighted by atomic mass is 10.1. The summed E-state index contributed by atoms with van der Waals surface area (Å²) < 4.78 is 26.4. The molecule has 0 aliphatic rings. The highest BCUT2D eigenvalue weighted by molar-refractivity contribution is 7.92. The van der Waals surface area contributed by atoms with Gasteiger partial charge in [0.15, 0.2) is 5.03 Å². The average molecular weight is 281 g/mol. The molecule has 1 aromatic carbocycles. The quantitative estimate of drug-likeness (QED) is 0.740. The number of aliphatic hydroxyl groups excluding tert-OH is 1. The zero-order chi connectivity index (χ0) is 13.7. The van der Waals surface area contributed by atoms with Gasteiger partial charge in [-0.2, -0.15) is 13.5 Å². The predicted octanol–water partition coefficient (Wildman–Crippen LogP) is 1.14. The number of nitrogens with one attached hydrogen (secondary N) is 2. The molecule has 0 fully saturated rings. The van der Waals surface area contributed by atoms with E-state index in [1.807, 2.05) is 6.07 Å². The van der Waals surface area contributed by atoms with E-state index in [1.54, 1.807) is 18.2 Å². The first-order valence-electron chi connectivity index (χ1n) is 5.84. The first-order chi connectivity index (χ1) is 9.12. The van der Waals surface area contributed by atoms with E-state index < -0.39 is 10.0 Å². The van der Waals surface area contributed by atoms with Gasteiger partial charge in [-0.05, 0) is 36.6 Å². The molecule has 7 heteroatoms. The molecule has 0 aliphatic heterocycles. The monoisotopic (exact) mass is 281 g/mol. The van der Waals surface area contributed by atoms with E-state index in [1.165, 1.54) is 12.3 Å². The van der Waals surface area contributed by atoms with Crippen molar-refractivity contribution in [1.29, 1.82) is 0 Å². The largest absolute Gasteiger partial charge is 0.396 e. The Balaban J connectivity index is 2.15. The lowest BCUT2D eigenvalue weighted by Crippen LogP contribution is -2.13. The minimum absolute atomic E-state index is 0.0215. The minimum Gasteiger partial charge on any atom is -0.396 e. The lowest BCUT2D eigenvalue weighted by molar-refractivity contribution is 0.288. The van der Waals surface area contributed by atoms with E-state index in [4.69, 9.17) is 5.11 Å². The Kier molecular flexibility index (Phi) is 4.18. The van der Waals surface area contributed by atoms with E-state index in [-0.39, 0.29) is 11.6 Å². The Bertz CT molecular complexity index is 623. The summed E-state index contributed by atoms with van der Waals surface area (Å²) in [5, 5.41) is 14.8. The number of H-pyrrole nitrogens is 1. The highest BCUT2D eigenvalue weighted by atomic mass is 32.2. The molecule has 6 nitrogen and oxygen atoms in total. The molecular weight excluding hydrogens is 266 g/mol. The predicted molar refractivity (Wildman–Crippen MR) is 71.2 cm³/mol. The number of aromatic nitrogens is 2. The van der Waals surface area contributed by atoms with Crippen molar-refractivity contribution < 1.29 is 13.5 Å². The highest BCUT2D eigenvalue weighted by Gasteiger charge is 2.15. The molecular formula is C12H15N3O3S. The van der Waals surface area contributed by atoms with Crippen LogP contribution in [0.15, 0.2) is 41.6 Å². The van der Waals surface area contributed by atoms with Crippen LogP contribution in [-0.4, -0.2) is 30.3 Å². The SMILES string of the molecule is O=S(=O)(Nc1cccc(CCCO)c1)c1ccn[nH]1. The van der Waals surface area contributed by atoms with Crippen molar-refractivity contribution in [3.05, 3.63) is 42.1 Å². The van der Waals surface area contributed by atoms with Crippen LogP contribution in [0.3, 0.4) is 0 Å². The molecule has 0 bridgehead atoms. The van der Waals surface area contributed by atoms with Crippen molar-refractivity contribution in [3.8, 4) is 0 Å². The average Bonchev–Trinajstić information content (AvgIpc) is 2.91. The third kappa shape index (κ3) is 3.55. The normalized spacial score (nSPS) is 11.4. The number of sulfonamides is 1. The molecule has 1 aromatic heterocycles. The lowest BCUT2D eigenvalue weighted by Gasteiger charge is -2.07. The number of hydrogen-bond donors (Lipinski definition) is 3. The molecule has 0 saturated carbocycles. The first kappa shape index (κ1) is 13.6. The van der Waals surface area contributed by atoms with Crippen LogP contribution >= 0.6 is 0 Å². The third-order valence-electron chi connectivity index (χ3n) is 2.57. The van der Waals surface area contributed by atoms with Crippen LogP contribution in [0, 0.1) is 0 Å². The van der Waals surface area contributed by atoms with Gasteiger partial charge in [0.1, 0.15) is 0 Å². The molecule has 0 spiro atoms. The Labute approximate surface area is 111 Å². The maximum Gasteiger partial charge on any atom is 0.278 e. The first-order valence-corrected chi connectivity index (χ1v) is 7.32. The number of hydrogen-bond acceptors (Lipinski definition) is 4. The van der Waals surface area contributed by atoms with Crippen LogP contribution in [0.1, 0.15) is 12.0 Å². The zero-order valence-corrected chi connectivity index (χ0v) is 11.0. The second-order valence-corrected chi connectivity index (χ2v) is 5.70. The van der Waals surface area contributed by atoms with Gasteiger partial charge in [-0.25, -0.2) is 0 Å². The standard InChI is InChI=1S/C12H15N3O3S/c16-8-2-4-10-3-1-5-11(9-10)15-19(17,18)12-6-7-13-14-12/h1,3,5-7,9,15-16H,2,4,8H2,(H,13,14). The maximum absolute atomic E-state index is 12.0. The molecule has 3 N–H and O–H groups in total. The van der Waals surface area contributed by atoms with Gasteiger partial charge in [0.25, 0.3) is 10.0 Å². The molecule has 0 radical (unpaired) electrons. The fourth-order valence-corrected chi connectivity index (χ4v) is 2.64. The molecule has 0 saturated heterocycles. The topological polar surface area (TPSA) is 95.1 Å². The van der Waals surface area contributed by atoms with Crippen LogP contribution in [0.2, 0.25) is 0 Å². The van der Waals surface area contributed by atoms with Crippen LogP contribution in [0.25, 0.3) is 0 Å². The second-order valence-electron chi connectivity index (χ2n) is 4.05. The van der Waals surface area contributed by atoms with Gasteiger partial charge in [-0.1, -0.05) is 12.1 Å². The number of anilines is 1. The molecule has 0 atom stereocenters. The van der Waals surface area contributed by atoms with Crippen LogP contribution in [0.5, 0.6) is 0 Å². The Hall–Kier alpha value is -1.86. The number of aromatic amines is 1. The highest BCUT2D eigenvalue weighted by Crippen LogP contribution is 2.16. The van der Waals surface area contributed by atoms with Gasteiger partial charge in [0.2, 0.25) is 0 Å². The minimum atomic E-state index is -3.62. The fourth-order valence-electron chi connectivity index (χ4n) is 1.68. The van der Waals surface area contributed by atoms with Gasteiger partial charge < -0.3 is 5.11 Å². The Morgan fingerprint density at radius 2 is 2.16 bits per heavy atom. The summed E-state index contributed by atoms with van der Waals surface area (Å²) in [4.78, 5) is 0. The molecule has 0 aliphatic carbocycles. The van der Waals surface area contributed by atoms with Crippen molar-refractivity contribution in [2.75, 3.05) is 11.3 Å². The Morgan fingerprint density at radius 3 is 2.84 bits per heavy atom. The van der Waals surface area contributed by atoms with Gasteiger partial charge in [0, 0.05) is 12.3 Å². The fraction of sp³-hybridized carbons (Fsp3) is 0.250. The van der Waals surface area contributed by atoms with E-state index in [0.29, 0.717) is 18.5 Å². The third-order valence-corrected chi connectivity index (χ3v) is 3.88. The van der Waals surface area contributed by atoms with Crippen molar-refractivity contribution in [2.45, 2.75) is 17.9 Å². The van der Waals surface area contributed by atoms with Gasteiger partial charge in [0.05, 0.1) is 6.20 Å². The number of nitrogens with zero attached hydrogens (tertiary/aromatic N) is 1. The molecule has 19 heavy (non-hydrogen) atoms. The van der Waals surface area contributed by atoms with Crippen molar-refractivity contribution >= 4 is 15.7 Å². The van der Waals surface area contributed by atoms with Gasteiger partial charge in [-0.3, -0.25) is 9.82 Å². The van der Waals surface area contributed by atoms with Crippen molar-refractivity contribution in [2.24, 2.45) is 0 Å². The molecule has 0 amide bonds. The molecule has 1 heterocycles. The Morgan fingerprint density at radius 1 is 1.32 bits per heavy atom. The number of benzene rings is 1. The summed E-state index contributed by atoms with van der Waals surface area (Å²) in [5.74, 6) is 0. The molecule has 0 unspecified atom stereocenters. The second kappa shape index (κ2) is 5.85. The maximum atomic E-state index is 12.0.